The molecule has 30 heavy (non-hydrogen) atoms. The molecule has 1 N–H and O–H groups in total. The van der Waals surface area contributed by atoms with Crippen LogP contribution in [-0.2, 0) is 9.53 Å². The van der Waals surface area contributed by atoms with E-state index in [0.29, 0.717) is 41.5 Å². The van der Waals surface area contributed by atoms with Crippen molar-refractivity contribution in [3.05, 3.63) is 52.4 Å². The average molecular weight is 411 g/mol. The molecule has 1 atom stereocenters. The highest BCUT2D eigenvalue weighted by atomic mass is 16.5. The number of aromatic amines is 1. The minimum atomic E-state index is -0.998. The van der Waals surface area contributed by atoms with Crippen LogP contribution in [0.1, 0.15) is 57.9 Å². The molecular weight excluding hydrogens is 386 g/mol. The number of carbonyl (C=O) groups excluding carboxylic acids is 3. The molecule has 0 radical (unpaired) electrons. The van der Waals surface area contributed by atoms with Crippen molar-refractivity contribution >= 4 is 23.6 Å². The molecular formula is C23H25NO6. The van der Waals surface area contributed by atoms with Gasteiger partial charge in [-0.1, -0.05) is 6.07 Å². The smallest absolute Gasteiger partial charge is 0.331 e. The molecule has 1 aliphatic heterocycles. The van der Waals surface area contributed by atoms with Gasteiger partial charge in [0, 0.05) is 23.8 Å². The Balaban J connectivity index is 1.66. The fraction of sp³-hybridized carbons (Fsp3) is 0.348. The number of aryl methyl sites for hydroxylation is 1. The summed E-state index contributed by atoms with van der Waals surface area (Å²) in [6.45, 7) is 7.57. The summed E-state index contributed by atoms with van der Waals surface area (Å²) in [5.41, 5.74) is 2.71. The van der Waals surface area contributed by atoms with E-state index in [0.717, 1.165) is 12.0 Å². The van der Waals surface area contributed by atoms with Gasteiger partial charge in [0.15, 0.2) is 23.4 Å². The van der Waals surface area contributed by atoms with Gasteiger partial charge in [0.1, 0.15) is 0 Å². The monoisotopic (exact) mass is 411 g/mol. The van der Waals surface area contributed by atoms with Crippen molar-refractivity contribution in [1.82, 2.24) is 4.98 Å². The lowest BCUT2D eigenvalue weighted by molar-refractivity contribution is -0.140. The quantitative estimate of drug-likeness (QED) is 0.441. The molecule has 0 bridgehead atoms. The Labute approximate surface area is 175 Å². The van der Waals surface area contributed by atoms with Gasteiger partial charge in [0.05, 0.1) is 18.9 Å². The summed E-state index contributed by atoms with van der Waals surface area (Å²) in [5, 5.41) is 0. The van der Waals surface area contributed by atoms with Gasteiger partial charge in [-0.05, 0) is 57.0 Å². The Hall–Kier alpha value is -3.35. The van der Waals surface area contributed by atoms with Gasteiger partial charge in [0.25, 0.3) is 0 Å². The topological polar surface area (TPSA) is 94.7 Å². The number of fused-ring (bicyclic) bond motifs is 1. The predicted octanol–water partition coefficient (Wildman–Crippen LogP) is 3.82. The fourth-order valence-corrected chi connectivity index (χ4v) is 3.44. The summed E-state index contributed by atoms with van der Waals surface area (Å²) in [7, 11) is 0. The molecule has 3 rings (SSSR count). The third-order valence-corrected chi connectivity index (χ3v) is 4.88. The number of rotatable bonds is 6. The van der Waals surface area contributed by atoms with Crippen molar-refractivity contribution in [2.45, 2.75) is 40.2 Å². The maximum atomic E-state index is 12.7. The Morgan fingerprint density at radius 1 is 1.13 bits per heavy atom. The highest BCUT2D eigenvalue weighted by molar-refractivity contribution is 6.05. The number of ketones is 2. The molecule has 2 aromatic rings. The number of carbonyl (C=O) groups is 3. The summed E-state index contributed by atoms with van der Waals surface area (Å²) >= 11 is 0. The van der Waals surface area contributed by atoms with Crippen LogP contribution in [0.3, 0.4) is 0 Å². The van der Waals surface area contributed by atoms with Crippen molar-refractivity contribution in [3.63, 3.8) is 0 Å². The van der Waals surface area contributed by atoms with Crippen molar-refractivity contribution in [2.24, 2.45) is 0 Å². The van der Waals surface area contributed by atoms with Gasteiger partial charge in [0.2, 0.25) is 5.78 Å². The second kappa shape index (κ2) is 8.98. The molecule has 0 unspecified atom stereocenters. The summed E-state index contributed by atoms with van der Waals surface area (Å²) < 4.78 is 16.5. The highest BCUT2D eigenvalue weighted by Crippen LogP contribution is 2.30. The van der Waals surface area contributed by atoms with E-state index in [9.17, 15) is 14.4 Å². The third-order valence-electron chi connectivity index (χ3n) is 4.88. The maximum absolute atomic E-state index is 12.7. The van der Waals surface area contributed by atoms with Crippen molar-refractivity contribution < 1.29 is 28.6 Å². The first-order valence-corrected chi connectivity index (χ1v) is 9.80. The van der Waals surface area contributed by atoms with E-state index >= 15 is 0 Å². The van der Waals surface area contributed by atoms with Crippen LogP contribution in [0.5, 0.6) is 11.5 Å². The number of esters is 1. The standard InChI is InChI=1S/C23H25NO6/c1-13-21(15(3)25)14(2)24-22(13)23(27)16(4)30-20(26)9-7-17-6-8-18-19(12-17)29-11-5-10-28-18/h6-9,12,16,24H,5,10-11H2,1-4H3/b9-7+/t16-/m1/s1. The van der Waals surface area contributed by atoms with Crippen molar-refractivity contribution in [3.8, 4) is 11.5 Å². The van der Waals surface area contributed by atoms with Gasteiger partial charge in [-0.3, -0.25) is 9.59 Å². The van der Waals surface area contributed by atoms with E-state index in [2.05, 4.69) is 4.98 Å². The second-order valence-corrected chi connectivity index (χ2v) is 7.21. The number of hydrogen-bond donors (Lipinski definition) is 1. The van der Waals surface area contributed by atoms with E-state index in [4.69, 9.17) is 14.2 Å². The molecule has 0 fully saturated rings. The lowest BCUT2D eigenvalue weighted by atomic mass is 10.0. The van der Waals surface area contributed by atoms with Gasteiger partial charge >= 0.3 is 5.97 Å². The van der Waals surface area contributed by atoms with E-state index in [-0.39, 0.29) is 17.3 Å². The van der Waals surface area contributed by atoms with Crippen LogP contribution >= 0.6 is 0 Å². The largest absolute Gasteiger partial charge is 0.490 e. The minimum Gasteiger partial charge on any atom is -0.490 e. The Bertz CT molecular complexity index is 1020. The maximum Gasteiger partial charge on any atom is 0.331 e. The molecule has 1 aliphatic rings. The molecule has 158 valence electrons. The zero-order valence-corrected chi connectivity index (χ0v) is 17.5. The van der Waals surface area contributed by atoms with Crippen LogP contribution < -0.4 is 9.47 Å². The van der Waals surface area contributed by atoms with E-state index in [1.807, 2.05) is 0 Å². The SMILES string of the molecule is CC(=O)c1c(C)[nH]c(C(=O)[C@@H](C)OC(=O)/C=C/c2ccc3c(c2)OCCCO3)c1C. The first kappa shape index (κ1) is 21.4. The molecule has 7 nitrogen and oxygen atoms in total. The molecule has 0 saturated carbocycles. The van der Waals surface area contributed by atoms with Gasteiger partial charge in [-0.15, -0.1) is 0 Å². The van der Waals surface area contributed by atoms with Gasteiger partial charge < -0.3 is 19.2 Å². The molecule has 7 heteroatoms. The second-order valence-electron chi connectivity index (χ2n) is 7.21. The molecule has 2 heterocycles. The summed E-state index contributed by atoms with van der Waals surface area (Å²) in [4.78, 5) is 39.6. The van der Waals surface area contributed by atoms with Crippen LogP contribution in [0.4, 0.5) is 0 Å². The fourth-order valence-electron chi connectivity index (χ4n) is 3.44. The number of nitrogens with one attached hydrogen (secondary N) is 1. The van der Waals surface area contributed by atoms with Crippen LogP contribution in [0.25, 0.3) is 6.08 Å². The number of Topliss-reactive ketones (excluding diaryl/α,β-unsaturated/α-hetero) is 2. The molecule has 0 spiro atoms. The molecule has 1 aromatic heterocycles. The molecule has 0 saturated heterocycles. The molecule has 1 aromatic carbocycles. The Kier molecular flexibility index (Phi) is 6.40. The lowest BCUT2D eigenvalue weighted by Crippen LogP contribution is -2.24. The predicted molar refractivity (Wildman–Crippen MR) is 111 cm³/mol. The normalized spacial score (nSPS) is 14.3. The van der Waals surface area contributed by atoms with Gasteiger partial charge in [-0.25, -0.2) is 4.79 Å². The van der Waals surface area contributed by atoms with Gasteiger partial charge in [-0.2, -0.15) is 0 Å². The van der Waals surface area contributed by atoms with E-state index in [1.54, 1.807) is 38.1 Å². The van der Waals surface area contributed by atoms with Crippen molar-refractivity contribution in [1.29, 1.82) is 0 Å². The molecule has 0 amide bonds. The zero-order chi connectivity index (χ0) is 21.8. The highest BCUT2D eigenvalue weighted by Gasteiger charge is 2.25. The third kappa shape index (κ3) is 4.62. The first-order valence-electron chi connectivity index (χ1n) is 9.80. The number of ether oxygens (including phenoxy) is 3. The minimum absolute atomic E-state index is 0.122. The zero-order valence-electron chi connectivity index (χ0n) is 17.5. The summed E-state index contributed by atoms with van der Waals surface area (Å²) in [6.07, 6.45) is 2.66. The lowest BCUT2D eigenvalue weighted by Gasteiger charge is -2.11. The number of aromatic nitrogens is 1. The van der Waals surface area contributed by atoms with Crippen LogP contribution in [0.15, 0.2) is 24.3 Å². The van der Waals surface area contributed by atoms with Crippen LogP contribution in [0, 0.1) is 13.8 Å². The molecule has 0 aliphatic carbocycles. The number of hydrogen-bond acceptors (Lipinski definition) is 6. The van der Waals surface area contributed by atoms with Crippen LogP contribution in [-0.4, -0.2) is 41.8 Å². The average Bonchev–Trinajstić information content (AvgIpc) is 2.86. The number of H-pyrrole nitrogens is 1. The number of benzene rings is 1. The summed E-state index contributed by atoms with van der Waals surface area (Å²) in [6, 6.07) is 5.38. The van der Waals surface area contributed by atoms with Crippen molar-refractivity contribution in [2.75, 3.05) is 13.2 Å². The Morgan fingerprint density at radius 2 is 1.83 bits per heavy atom. The van der Waals surface area contributed by atoms with E-state index in [1.165, 1.54) is 19.9 Å². The Morgan fingerprint density at radius 3 is 2.50 bits per heavy atom. The van der Waals surface area contributed by atoms with E-state index < -0.39 is 12.1 Å². The first-order chi connectivity index (χ1) is 14.3. The summed E-state index contributed by atoms with van der Waals surface area (Å²) in [5.74, 6) is 0.151. The van der Waals surface area contributed by atoms with Crippen LogP contribution in [0.2, 0.25) is 0 Å².